The number of amides is 1. The van der Waals surface area contributed by atoms with Crippen LogP contribution in [0.5, 0.6) is 11.5 Å². The molecule has 1 aromatic heterocycles. The lowest BCUT2D eigenvalue weighted by Crippen LogP contribution is -2.56. The average molecular weight is 565 g/mol. The van der Waals surface area contributed by atoms with Crippen LogP contribution in [0, 0.1) is 11.6 Å². The number of rotatable bonds is 8. The molecular weight excluding hydrogens is 534 g/mol. The highest BCUT2D eigenvalue weighted by Gasteiger charge is 2.37. The number of methoxy groups -OCH3 is 2. The largest absolute Gasteiger partial charge is 0.497 e. The second-order valence-corrected chi connectivity index (χ2v) is 9.83. The maximum absolute atomic E-state index is 15.0. The van der Waals surface area contributed by atoms with Crippen LogP contribution < -0.4 is 20.2 Å². The van der Waals surface area contributed by atoms with Gasteiger partial charge in [-0.25, -0.2) is 28.7 Å². The molecule has 0 bridgehead atoms. The van der Waals surface area contributed by atoms with Crippen LogP contribution in [0.25, 0.3) is 0 Å². The third kappa shape index (κ3) is 7.97. The monoisotopic (exact) mass is 564 g/mol. The molecule has 3 N–H and O–H groups in total. The maximum Gasteiger partial charge on any atom is 0.426 e. The highest BCUT2D eigenvalue weighted by atomic mass is 32.1. The van der Waals surface area contributed by atoms with E-state index in [1.165, 1.54) is 31.6 Å². The van der Waals surface area contributed by atoms with Crippen molar-refractivity contribution in [2.45, 2.75) is 38.5 Å². The Morgan fingerprint density at radius 3 is 2.49 bits per heavy atom. The van der Waals surface area contributed by atoms with Crippen LogP contribution in [0.1, 0.15) is 26.3 Å². The molecule has 0 aliphatic rings. The number of carbonyl (C=O) groups is 1. The number of benzene rings is 2. The number of anilines is 1. The van der Waals surface area contributed by atoms with E-state index >= 15 is 0 Å². The molecule has 0 radical (unpaired) electrons. The lowest BCUT2D eigenvalue weighted by Gasteiger charge is -2.36. The molecule has 0 saturated carbocycles. The molecule has 3 rings (SSSR count). The zero-order valence-electron chi connectivity index (χ0n) is 22.1. The Balaban J connectivity index is 2.01. The van der Waals surface area contributed by atoms with Crippen molar-refractivity contribution >= 4 is 29.1 Å². The van der Waals surface area contributed by atoms with Gasteiger partial charge in [-0.05, 0) is 51.2 Å². The summed E-state index contributed by atoms with van der Waals surface area (Å²) in [6.07, 6.45) is 1.66. The first kappa shape index (κ1) is 29.5. The highest BCUT2D eigenvalue weighted by Crippen LogP contribution is 2.31. The Morgan fingerprint density at radius 1 is 1.15 bits per heavy atom. The van der Waals surface area contributed by atoms with Gasteiger partial charge < -0.3 is 24.6 Å². The minimum atomic E-state index is -2.10. The Morgan fingerprint density at radius 2 is 1.90 bits per heavy atom. The fourth-order valence-corrected chi connectivity index (χ4v) is 3.81. The van der Waals surface area contributed by atoms with E-state index in [2.05, 4.69) is 20.8 Å². The first-order valence-electron chi connectivity index (χ1n) is 11.6. The normalized spacial score (nSPS) is 12.7. The van der Waals surface area contributed by atoms with Crippen molar-refractivity contribution in [2.24, 2.45) is 0 Å². The van der Waals surface area contributed by atoms with Crippen LogP contribution in [0.2, 0.25) is 0 Å². The van der Waals surface area contributed by atoms with Gasteiger partial charge in [0.05, 0.1) is 33.0 Å². The number of aliphatic hydroxyl groups is 1. The van der Waals surface area contributed by atoms with E-state index < -0.39 is 35.5 Å². The highest BCUT2D eigenvalue weighted by molar-refractivity contribution is 7.80. The molecule has 3 aromatic rings. The fourth-order valence-electron chi connectivity index (χ4n) is 3.59. The molecule has 2 aromatic carbocycles. The molecule has 0 aliphatic carbocycles. The molecule has 0 unspecified atom stereocenters. The number of halogens is 2. The van der Waals surface area contributed by atoms with Gasteiger partial charge >= 0.3 is 6.09 Å². The first-order chi connectivity index (χ1) is 18.3. The molecule has 1 amide bonds. The molecule has 1 atom stereocenters. The number of nitrogens with zero attached hydrogens (tertiary/aromatic N) is 4. The summed E-state index contributed by atoms with van der Waals surface area (Å²) in [7, 11) is 2.96. The third-order valence-electron chi connectivity index (χ3n) is 5.26. The second-order valence-electron chi connectivity index (χ2n) is 9.45. The van der Waals surface area contributed by atoms with E-state index in [9.17, 15) is 18.7 Å². The van der Waals surface area contributed by atoms with Gasteiger partial charge in [0.2, 0.25) is 0 Å². The molecule has 210 valence electrons. The van der Waals surface area contributed by atoms with Gasteiger partial charge in [0.25, 0.3) is 0 Å². The lowest BCUT2D eigenvalue weighted by atomic mass is 9.92. The van der Waals surface area contributed by atoms with Gasteiger partial charge in [0.15, 0.2) is 5.11 Å². The third-order valence-corrected chi connectivity index (χ3v) is 5.59. The topological polar surface area (TPSA) is 123 Å². The quantitative estimate of drug-likeness (QED) is 0.276. The molecule has 0 fully saturated rings. The molecule has 1 heterocycles. The Bertz CT molecular complexity index is 1300. The van der Waals surface area contributed by atoms with E-state index in [-0.39, 0.29) is 17.2 Å². The van der Waals surface area contributed by atoms with Gasteiger partial charge in [-0.1, -0.05) is 6.07 Å². The van der Waals surface area contributed by atoms with Crippen molar-refractivity contribution in [2.75, 3.05) is 26.1 Å². The van der Waals surface area contributed by atoms with Gasteiger partial charge in [-0.3, -0.25) is 5.01 Å². The van der Waals surface area contributed by atoms with E-state index in [1.54, 1.807) is 39.0 Å². The number of carbonyl (C=O) groups excluding carboxylic acids is 1. The predicted octanol–water partition coefficient (Wildman–Crippen LogP) is 3.60. The summed E-state index contributed by atoms with van der Waals surface area (Å²) < 4.78 is 45.9. The number of hydrogen-bond donors (Lipinski definition) is 3. The summed E-state index contributed by atoms with van der Waals surface area (Å²) in [5, 5.41) is 19.7. The van der Waals surface area contributed by atoms with Crippen molar-refractivity contribution in [1.29, 1.82) is 0 Å². The van der Waals surface area contributed by atoms with E-state index in [0.717, 1.165) is 17.1 Å². The van der Waals surface area contributed by atoms with Crippen LogP contribution in [0.4, 0.5) is 19.3 Å². The van der Waals surface area contributed by atoms with Crippen molar-refractivity contribution in [3.8, 4) is 11.5 Å². The molecule has 39 heavy (non-hydrogen) atoms. The Kier molecular flexibility index (Phi) is 9.24. The van der Waals surface area contributed by atoms with Crippen molar-refractivity contribution in [3.63, 3.8) is 0 Å². The molecule has 11 nitrogen and oxygen atoms in total. The lowest BCUT2D eigenvalue weighted by molar-refractivity contribution is -0.0192. The number of aromatic nitrogens is 3. The summed E-state index contributed by atoms with van der Waals surface area (Å²) >= 11 is 5.56. The van der Waals surface area contributed by atoms with E-state index in [0.29, 0.717) is 23.3 Å². The zero-order valence-corrected chi connectivity index (χ0v) is 22.9. The molecule has 0 aliphatic heterocycles. The molecule has 0 spiro atoms. The van der Waals surface area contributed by atoms with Crippen LogP contribution >= 0.6 is 12.2 Å². The van der Waals surface area contributed by atoms with Gasteiger partial charge in [0, 0.05) is 17.7 Å². The van der Waals surface area contributed by atoms with Gasteiger partial charge in [0.1, 0.15) is 47.0 Å². The summed E-state index contributed by atoms with van der Waals surface area (Å²) in [5.41, 5.74) is -0.322. The number of hydrogen-bond acceptors (Lipinski definition) is 8. The summed E-state index contributed by atoms with van der Waals surface area (Å²) in [6, 6.07) is 7.67. The minimum absolute atomic E-state index is 0.108. The smallest absolute Gasteiger partial charge is 0.426 e. The van der Waals surface area contributed by atoms with Crippen molar-refractivity contribution < 1.29 is 32.9 Å². The Labute approximate surface area is 229 Å². The summed E-state index contributed by atoms with van der Waals surface area (Å²) in [5.74, 6) is -0.935. The second kappa shape index (κ2) is 12.2. The molecule has 14 heteroatoms. The fraction of sp³-hybridized carbons (Fsp3) is 0.360. The average Bonchev–Trinajstić information content (AvgIpc) is 3.35. The van der Waals surface area contributed by atoms with Crippen LogP contribution in [-0.4, -0.2) is 62.5 Å². The van der Waals surface area contributed by atoms with Gasteiger partial charge in [-0.2, -0.15) is 5.10 Å². The van der Waals surface area contributed by atoms with E-state index in [1.807, 2.05) is 0 Å². The number of ether oxygens (including phenoxy) is 3. The first-order valence-corrected chi connectivity index (χ1v) is 12.0. The van der Waals surface area contributed by atoms with E-state index in [4.69, 9.17) is 26.4 Å². The molecular formula is C25H30F2N6O5S. The zero-order chi connectivity index (χ0) is 28.8. The van der Waals surface area contributed by atoms with Crippen LogP contribution in [0.3, 0.4) is 0 Å². The minimum Gasteiger partial charge on any atom is -0.497 e. The van der Waals surface area contributed by atoms with Crippen molar-refractivity contribution in [1.82, 2.24) is 25.2 Å². The summed E-state index contributed by atoms with van der Waals surface area (Å²) in [6.45, 7) is 4.18. The number of nitrogens with one attached hydrogen (secondary N) is 2. The SMILES string of the molecule is COc1ccc(NC(=S)N(C[C@](O)(Cn2cncn2)c2ccc(F)cc2F)NC(=O)OC(C)(C)C)c(OC)c1. The number of thiocarbonyl (C=S) groups is 1. The van der Waals surface area contributed by atoms with Crippen molar-refractivity contribution in [3.05, 3.63) is 66.3 Å². The van der Waals surface area contributed by atoms with Crippen LogP contribution in [-0.2, 0) is 16.9 Å². The Hall–Kier alpha value is -4.04. The van der Waals surface area contributed by atoms with Crippen LogP contribution in [0.15, 0.2) is 49.1 Å². The molecule has 0 saturated heterocycles. The predicted molar refractivity (Wildman–Crippen MR) is 142 cm³/mol. The number of hydrazine groups is 1. The van der Waals surface area contributed by atoms with Gasteiger partial charge in [-0.15, -0.1) is 0 Å². The maximum atomic E-state index is 15.0. The summed E-state index contributed by atoms with van der Waals surface area (Å²) in [4.78, 5) is 16.6. The standard InChI is InChI=1S/C25H30F2N6O5S/c1-24(2,3)38-23(34)31-33(22(39)30-20-9-7-17(36-4)11-21(20)37-5)13-25(35,12-32-15-28-14-29-32)18-8-6-16(26)10-19(18)27/h6-11,14-15,35H,12-13H2,1-5H3,(H,30,39)(H,31,34)/t25-/m1/s1.